The number of H-pyrrole nitrogens is 1. The smallest absolute Gasteiger partial charge is 0.251 e. The summed E-state index contributed by atoms with van der Waals surface area (Å²) in [6.07, 6.45) is 1.98. The van der Waals surface area contributed by atoms with Crippen molar-refractivity contribution in [1.82, 2.24) is 20.2 Å². The number of hydrogen-bond donors (Lipinski definition) is 2. The Labute approximate surface area is 162 Å². The molecule has 134 valence electrons. The fourth-order valence-electron chi connectivity index (χ4n) is 2.04. The van der Waals surface area contributed by atoms with Crippen LogP contribution in [0.25, 0.3) is 10.6 Å². The van der Waals surface area contributed by atoms with Crippen molar-refractivity contribution in [1.29, 1.82) is 0 Å². The fourth-order valence-corrected chi connectivity index (χ4v) is 3.80. The Kier molecular flexibility index (Phi) is 6.02. The molecule has 7 nitrogen and oxygen atoms in total. The van der Waals surface area contributed by atoms with Gasteiger partial charge in [-0.1, -0.05) is 53.8 Å². The van der Waals surface area contributed by atoms with Crippen LogP contribution in [-0.4, -0.2) is 31.3 Å². The van der Waals surface area contributed by atoms with Gasteiger partial charge in [-0.15, -0.1) is 10.2 Å². The molecule has 0 radical (unpaired) electrons. The van der Waals surface area contributed by atoms with E-state index in [0.29, 0.717) is 26.7 Å². The predicted molar refractivity (Wildman–Crippen MR) is 104 cm³/mol. The number of benzene rings is 1. The molecule has 1 aromatic carbocycles. The molecule has 2 heterocycles. The molecule has 0 aliphatic heterocycles. The molecule has 2 aromatic heterocycles. The lowest BCUT2D eigenvalue weighted by atomic mass is 10.2. The number of amides is 1. The molecule has 1 unspecified atom stereocenters. The quantitative estimate of drug-likeness (QED) is 0.479. The van der Waals surface area contributed by atoms with Gasteiger partial charge in [0.25, 0.3) is 5.56 Å². The maximum Gasteiger partial charge on any atom is 0.251 e. The lowest BCUT2D eigenvalue weighted by molar-refractivity contribution is -0.115. The Morgan fingerprint density at radius 1 is 1.31 bits per heavy atom. The number of carbonyl (C=O) groups excluding carboxylic acids is 1. The van der Waals surface area contributed by atoms with Gasteiger partial charge in [0.05, 0.1) is 5.25 Å². The summed E-state index contributed by atoms with van der Waals surface area (Å²) in [5, 5.41) is 12.6. The first-order valence-corrected chi connectivity index (χ1v) is 9.75. The van der Waals surface area contributed by atoms with Gasteiger partial charge in [0.2, 0.25) is 11.0 Å². The summed E-state index contributed by atoms with van der Waals surface area (Å²) in [5.74, 6) is -0.220. The van der Waals surface area contributed by atoms with Gasteiger partial charge in [-0.05, 0) is 18.6 Å². The molecule has 0 saturated heterocycles. The van der Waals surface area contributed by atoms with E-state index >= 15 is 0 Å². The summed E-state index contributed by atoms with van der Waals surface area (Å²) >= 11 is 8.36. The molecule has 10 heteroatoms. The van der Waals surface area contributed by atoms with Crippen LogP contribution in [0.1, 0.15) is 13.3 Å². The van der Waals surface area contributed by atoms with E-state index in [1.165, 1.54) is 35.4 Å². The maximum absolute atomic E-state index is 12.5. The van der Waals surface area contributed by atoms with Gasteiger partial charge in [0.1, 0.15) is 5.01 Å². The molecule has 0 spiro atoms. The average molecular weight is 408 g/mol. The van der Waals surface area contributed by atoms with E-state index in [0.717, 1.165) is 5.56 Å². The number of hydrogen-bond acceptors (Lipinski definition) is 7. The van der Waals surface area contributed by atoms with Gasteiger partial charge in [0, 0.05) is 22.8 Å². The van der Waals surface area contributed by atoms with E-state index in [-0.39, 0.29) is 11.5 Å². The summed E-state index contributed by atoms with van der Waals surface area (Å²) in [5.41, 5.74) is 0.620. The van der Waals surface area contributed by atoms with Gasteiger partial charge in [-0.3, -0.25) is 14.9 Å². The average Bonchev–Trinajstić information content (AvgIpc) is 3.08. The highest BCUT2D eigenvalue weighted by molar-refractivity contribution is 8.00. The van der Waals surface area contributed by atoms with Crippen molar-refractivity contribution in [2.45, 2.75) is 23.8 Å². The molecule has 0 bridgehead atoms. The van der Waals surface area contributed by atoms with Crippen molar-refractivity contribution in [2.24, 2.45) is 0 Å². The van der Waals surface area contributed by atoms with Crippen LogP contribution in [0.2, 0.25) is 5.02 Å². The first-order valence-electron chi connectivity index (χ1n) is 7.67. The third kappa shape index (κ3) is 4.69. The lowest BCUT2D eigenvalue weighted by Gasteiger charge is -2.12. The summed E-state index contributed by atoms with van der Waals surface area (Å²) < 4.78 is 0. The van der Waals surface area contributed by atoms with E-state index in [9.17, 15) is 9.59 Å². The highest BCUT2D eigenvalue weighted by atomic mass is 35.5. The Bertz CT molecular complexity index is 958. The Hall–Kier alpha value is -2.23. The zero-order chi connectivity index (χ0) is 18.5. The van der Waals surface area contributed by atoms with Crippen molar-refractivity contribution in [3.05, 3.63) is 51.9 Å². The summed E-state index contributed by atoms with van der Waals surface area (Å²) in [7, 11) is 0. The third-order valence-electron chi connectivity index (χ3n) is 3.31. The van der Waals surface area contributed by atoms with Crippen LogP contribution >= 0.6 is 34.7 Å². The Morgan fingerprint density at radius 2 is 2.08 bits per heavy atom. The van der Waals surface area contributed by atoms with E-state index in [1.54, 1.807) is 12.1 Å². The van der Waals surface area contributed by atoms with Crippen LogP contribution < -0.4 is 10.9 Å². The van der Waals surface area contributed by atoms with Gasteiger partial charge >= 0.3 is 0 Å². The second kappa shape index (κ2) is 8.43. The van der Waals surface area contributed by atoms with Gasteiger partial charge < -0.3 is 4.98 Å². The number of nitrogens with zero attached hydrogens (tertiary/aromatic N) is 3. The molecule has 0 fully saturated rings. The first-order chi connectivity index (χ1) is 12.5. The molecule has 2 N–H and O–H groups in total. The highest BCUT2D eigenvalue weighted by Crippen LogP contribution is 2.28. The summed E-state index contributed by atoms with van der Waals surface area (Å²) in [4.78, 5) is 30.5. The number of halogens is 1. The minimum absolute atomic E-state index is 0.220. The number of rotatable bonds is 6. The van der Waals surface area contributed by atoms with Crippen molar-refractivity contribution in [3.63, 3.8) is 0 Å². The molecule has 1 atom stereocenters. The number of anilines is 1. The number of aromatic amines is 1. The Morgan fingerprint density at radius 3 is 2.77 bits per heavy atom. The lowest BCUT2D eigenvalue weighted by Crippen LogP contribution is -2.25. The minimum atomic E-state index is -0.413. The first kappa shape index (κ1) is 18.6. The maximum atomic E-state index is 12.5. The molecular formula is C16H14ClN5O2S2. The topological polar surface area (TPSA) is 101 Å². The van der Waals surface area contributed by atoms with Crippen molar-refractivity contribution in [3.8, 4) is 10.6 Å². The summed E-state index contributed by atoms with van der Waals surface area (Å²) in [6.45, 7) is 1.89. The van der Waals surface area contributed by atoms with E-state index in [4.69, 9.17) is 11.6 Å². The molecule has 0 saturated carbocycles. The van der Waals surface area contributed by atoms with E-state index in [2.05, 4.69) is 25.5 Å². The van der Waals surface area contributed by atoms with Crippen LogP contribution in [0.5, 0.6) is 0 Å². The van der Waals surface area contributed by atoms with Crippen LogP contribution in [0.3, 0.4) is 0 Å². The molecule has 0 aliphatic rings. The minimum Gasteiger partial charge on any atom is -0.301 e. The second-order valence-electron chi connectivity index (χ2n) is 5.16. The largest absolute Gasteiger partial charge is 0.301 e. The third-order valence-corrected chi connectivity index (χ3v) is 5.71. The van der Waals surface area contributed by atoms with Crippen molar-refractivity contribution in [2.75, 3.05) is 5.32 Å². The molecule has 0 aliphatic carbocycles. The number of nitrogens with one attached hydrogen (secondary N) is 2. The van der Waals surface area contributed by atoms with Crippen LogP contribution in [0, 0.1) is 0 Å². The Balaban J connectivity index is 1.68. The molecule has 26 heavy (non-hydrogen) atoms. The highest BCUT2D eigenvalue weighted by Gasteiger charge is 2.21. The van der Waals surface area contributed by atoms with Gasteiger partial charge in [0.15, 0.2) is 5.16 Å². The number of carbonyl (C=O) groups is 1. The van der Waals surface area contributed by atoms with Crippen LogP contribution in [0.4, 0.5) is 5.13 Å². The van der Waals surface area contributed by atoms with E-state index < -0.39 is 5.25 Å². The molecular weight excluding hydrogens is 394 g/mol. The standard InChI is InChI=1S/C16H14ClN5O2S2/c1-2-11(25-15-18-8-7-12(23)19-15)13(24)20-16-22-21-14(26-16)9-3-5-10(17)6-4-9/h3-8,11H,2H2,1H3,(H,18,19,23)(H,20,22,24). The van der Waals surface area contributed by atoms with Crippen molar-refractivity contribution >= 4 is 45.7 Å². The summed E-state index contributed by atoms with van der Waals surface area (Å²) in [6, 6.07) is 8.56. The molecule has 3 aromatic rings. The van der Waals surface area contributed by atoms with Crippen LogP contribution in [0.15, 0.2) is 46.5 Å². The normalized spacial score (nSPS) is 11.9. The van der Waals surface area contributed by atoms with Gasteiger partial charge in [-0.25, -0.2) is 4.98 Å². The number of thioether (sulfide) groups is 1. The zero-order valence-electron chi connectivity index (χ0n) is 13.6. The zero-order valence-corrected chi connectivity index (χ0v) is 16.0. The number of aromatic nitrogens is 4. The SMILES string of the molecule is CCC(Sc1nccc(=O)[nH]1)C(=O)Nc1nnc(-c2ccc(Cl)cc2)s1. The second-order valence-corrected chi connectivity index (χ2v) is 7.77. The monoisotopic (exact) mass is 407 g/mol. The fraction of sp³-hybridized carbons (Fsp3) is 0.188. The predicted octanol–water partition coefficient (Wildman–Crippen LogP) is 3.45. The van der Waals surface area contributed by atoms with Crippen molar-refractivity contribution < 1.29 is 4.79 Å². The van der Waals surface area contributed by atoms with Crippen LogP contribution in [-0.2, 0) is 4.79 Å². The van der Waals surface area contributed by atoms with Gasteiger partial charge in [-0.2, -0.15) is 0 Å². The molecule has 3 rings (SSSR count). The van der Waals surface area contributed by atoms with E-state index in [1.807, 2.05) is 19.1 Å². The molecule has 1 amide bonds.